The van der Waals surface area contributed by atoms with Crippen LogP contribution in [-0.2, 0) is 11.3 Å². The number of anilines is 2. The second kappa shape index (κ2) is 27.1. The third-order valence-corrected chi connectivity index (χ3v) is 11.7. The van der Waals surface area contributed by atoms with Crippen LogP contribution in [0.15, 0.2) is 91.5 Å². The van der Waals surface area contributed by atoms with E-state index in [1.807, 2.05) is 6.07 Å². The quantitative estimate of drug-likeness (QED) is 0.119. The molecule has 0 radical (unpaired) electrons. The molecule has 0 aliphatic carbocycles. The van der Waals surface area contributed by atoms with Crippen molar-refractivity contribution in [1.29, 1.82) is 0 Å². The highest BCUT2D eigenvalue weighted by molar-refractivity contribution is 5.46. The summed E-state index contributed by atoms with van der Waals surface area (Å²) in [4.78, 5) is 22.7. The van der Waals surface area contributed by atoms with E-state index in [1.54, 1.807) is 13.2 Å². The lowest BCUT2D eigenvalue weighted by Crippen LogP contribution is -3.10. The van der Waals surface area contributed by atoms with Crippen molar-refractivity contribution in [2.45, 2.75) is 6.54 Å². The maximum Gasteiger partial charge on any atom is 0.181 e. The highest BCUT2D eigenvalue weighted by atomic mass is 16.5. The van der Waals surface area contributed by atoms with Crippen molar-refractivity contribution in [3.63, 3.8) is 0 Å². The van der Waals surface area contributed by atoms with Gasteiger partial charge in [-0.1, -0.05) is 48.5 Å². The number of quaternary nitrogens is 5. The number of methoxy groups -OCH3 is 1. The summed E-state index contributed by atoms with van der Waals surface area (Å²) in [5.41, 5.74) is 2.76. The first-order valence-corrected chi connectivity index (χ1v) is 21.9. The fourth-order valence-corrected chi connectivity index (χ4v) is 7.34. The lowest BCUT2D eigenvalue weighted by Gasteiger charge is -2.35. The number of para-hydroxylation sites is 1. The van der Waals surface area contributed by atoms with Gasteiger partial charge in [0.05, 0.1) is 118 Å². The van der Waals surface area contributed by atoms with Crippen LogP contribution in [0.4, 0.5) is 11.5 Å². The van der Waals surface area contributed by atoms with Crippen LogP contribution in [0.5, 0.6) is 5.75 Å². The molecule has 6 N–H and O–H groups in total. The predicted octanol–water partition coefficient (Wildman–Crippen LogP) is -2.65. The van der Waals surface area contributed by atoms with Gasteiger partial charge in [-0.15, -0.1) is 0 Å². The Labute approximate surface area is 364 Å². The van der Waals surface area contributed by atoms with Crippen LogP contribution < -0.4 is 34.3 Å². The van der Waals surface area contributed by atoms with Crippen molar-refractivity contribution in [3.8, 4) is 5.75 Å². The Morgan fingerprint density at radius 2 is 1.03 bits per heavy atom. The van der Waals surface area contributed by atoms with E-state index in [-0.39, 0.29) is 5.75 Å². The molecule has 2 aromatic carbocycles. The van der Waals surface area contributed by atoms with Gasteiger partial charge < -0.3 is 49.0 Å². The molecule has 0 spiro atoms. The normalized spacial score (nSPS) is 20.2. The van der Waals surface area contributed by atoms with Gasteiger partial charge >= 0.3 is 0 Å². The molecular formula is C47H79N11O2. The van der Waals surface area contributed by atoms with Crippen molar-refractivity contribution >= 4 is 11.5 Å². The van der Waals surface area contributed by atoms with Gasteiger partial charge in [0.25, 0.3) is 0 Å². The van der Waals surface area contributed by atoms with Crippen LogP contribution in [0, 0.1) is 35.2 Å². The summed E-state index contributed by atoms with van der Waals surface area (Å²) in [7, 11) is 23.7. The molecule has 8 rings (SSSR count). The molecule has 334 valence electrons. The van der Waals surface area contributed by atoms with E-state index in [1.165, 1.54) is 94.3 Å². The van der Waals surface area contributed by atoms with E-state index in [2.05, 4.69) is 139 Å². The molecule has 13 heteroatoms. The molecule has 6 heterocycles. The Morgan fingerprint density at radius 3 is 1.48 bits per heavy atom. The molecule has 5 aliphatic heterocycles. The molecule has 60 heavy (non-hydrogen) atoms. The number of nitrogens with one attached hydrogen (secondary N) is 5. The van der Waals surface area contributed by atoms with Gasteiger partial charge in [-0.05, 0) is 43.5 Å². The minimum absolute atomic E-state index is 0.218. The van der Waals surface area contributed by atoms with E-state index in [0.717, 1.165) is 96.8 Å². The first-order chi connectivity index (χ1) is 29.0. The van der Waals surface area contributed by atoms with Gasteiger partial charge in [-0.3, -0.25) is 9.80 Å². The molecular weight excluding hydrogens is 751 g/mol. The molecule has 0 saturated carbocycles. The zero-order valence-electron chi connectivity index (χ0n) is 37.1. The molecule has 5 saturated heterocycles. The van der Waals surface area contributed by atoms with E-state index in [4.69, 9.17) is 9.84 Å². The Bertz CT molecular complexity index is 1520. The average Bonchev–Trinajstić information content (AvgIpc) is 3.28. The van der Waals surface area contributed by atoms with Crippen LogP contribution in [0.3, 0.4) is 0 Å². The number of hydrogen-bond donors (Lipinski definition) is 6. The molecule has 0 bridgehead atoms. The van der Waals surface area contributed by atoms with Gasteiger partial charge in [0, 0.05) is 38.4 Å². The maximum atomic E-state index is 9.10. The third kappa shape index (κ3) is 18.8. The Morgan fingerprint density at radius 1 is 0.600 bits per heavy atom. The van der Waals surface area contributed by atoms with Gasteiger partial charge in [-0.25, -0.2) is 4.98 Å². The number of aromatic hydroxyl groups is 1. The summed E-state index contributed by atoms with van der Waals surface area (Å²) in [6, 6.07) is 24.8. The number of pyridine rings is 1. The minimum atomic E-state index is 0.218. The molecule has 5 fully saturated rings. The number of hydrogen-bond acceptors (Lipinski definition) is 8. The second-order valence-corrected chi connectivity index (χ2v) is 16.6. The van der Waals surface area contributed by atoms with Gasteiger partial charge in [-0.2, -0.15) is 35.2 Å². The fourth-order valence-electron chi connectivity index (χ4n) is 7.34. The SMILES string of the molecule is C=C(OC)N1CC[NH+]([CH2-])CC1.[CH2-][NH+]1CCN(C)CC1.[CH2-][NH+]1CCN(Cc2ccccc2)CC1.[CH2-][NH+]1CCN(c2ccc(O)cn2)CC1.[CH2-][NH+]1CCN(c2ccccc2)CC1. The number of aromatic nitrogens is 1. The summed E-state index contributed by atoms with van der Waals surface area (Å²) in [6.07, 6.45) is 1.48. The summed E-state index contributed by atoms with van der Waals surface area (Å²) < 4.78 is 5.03. The Kier molecular flexibility index (Phi) is 22.0. The van der Waals surface area contributed by atoms with Crippen LogP contribution >= 0.6 is 0 Å². The molecule has 3 aromatic rings. The summed E-state index contributed by atoms with van der Waals surface area (Å²) in [6.45, 7) is 27.2. The Hall–Kier alpha value is -3.95. The van der Waals surface area contributed by atoms with Crippen molar-refractivity contribution in [3.05, 3.63) is 132 Å². The predicted molar refractivity (Wildman–Crippen MR) is 244 cm³/mol. The van der Waals surface area contributed by atoms with Crippen LogP contribution in [0.25, 0.3) is 0 Å². The molecule has 1 aromatic heterocycles. The number of ether oxygens (including phenoxy) is 1. The number of benzene rings is 2. The summed E-state index contributed by atoms with van der Waals surface area (Å²) in [5, 5.41) is 9.10. The topological polar surface area (TPSA) is 80.8 Å². The third-order valence-electron chi connectivity index (χ3n) is 11.7. The van der Waals surface area contributed by atoms with E-state index < -0.39 is 0 Å². The average molecular weight is 830 g/mol. The first-order valence-electron chi connectivity index (χ1n) is 21.9. The maximum absolute atomic E-state index is 9.10. The molecule has 0 atom stereocenters. The summed E-state index contributed by atoms with van der Waals surface area (Å²) >= 11 is 0. The van der Waals surface area contributed by atoms with E-state index in [0.29, 0.717) is 0 Å². The number of nitrogens with zero attached hydrogens (tertiary/aromatic N) is 6. The second-order valence-electron chi connectivity index (χ2n) is 16.6. The summed E-state index contributed by atoms with van der Waals surface area (Å²) in [5.74, 6) is 1.93. The van der Waals surface area contributed by atoms with Crippen molar-refractivity contribution in [2.24, 2.45) is 0 Å². The zero-order valence-corrected chi connectivity index (χ0v) is 37.1. The number of piperazine rings is 5. The first kappa shape index (κ1) is 48.7. The number of rotatable bonds is 6. The smallest absolute Gasteiger partial charge is 0.181 e. The Balaban J connectivity index is 0.000000167. The van der Waals surface area contributed by atoms with Crippen LogP contribution in [0.2, 0.25) is 0 Å². The van der Waals surface area contributed by atoms with Gasteiger partial charge in [0.15, 0.2) is 5.88 Å². The lowest BCUT2D eigenvalue weighted by atomic mass is 10.2. The monoisotopic (exact) mass is 830 g/mol. The highest BCUT2D eigenvalue weighted by Crippen LogP contribution is 2.14. The largest absolute Gasteiger partial charge is 0.506 e. The van der Waals surface area contributed by atoms with Gasteiger partial charge in [0.2, 0.25) is 0 Å². The molecule has 0 unspecified atom stereocenters. The molecule has 5 aliphatic rings. The van der Waals surface area contributed by atoms with Crippen molar-refractivity contribution in [2.75, 3.05) is 155 Å². The van der Waals surface area contributed by atoms with Gasteiger partial charge in [0.1, 0.15) is 11.6 Å². The van der Waals surface area contributed by atoms with Crippen molar-refractivity contribution in [1.82, 2.24) is 19.7 Å². The zero-order chi connectivity index (χ0) is 43.1. The number of likely N-dealkylation sites (N-methyl/N-ethyl adjacent to an activating group) is 1. The highest BCUT2D eigenvalue weighted by Gasteiger charge is 2.17. The molecule has 0 amide bonds. The van der Waals surface area contributed by atoms with E-state index in [9.17, 15) is 0 Å². The van der Waals surface area contributed by atoms with Crippen molar-refractivity contribution < 1.29 is 34.3 Å². The molecule has 13 nitrogen and oxygen atoms in total. The van der Waals surface area contributed by atoms with Crippen LogP contribution in [-0.4, -0.2) is 170 Å². The van der Waals surface area contributed by atoms with Crippen LogP contribution in [0.1, 0.15) is 5.56 Å². The lowest BCUT2D eigenvalue weighted by molar-refractivity contribution is -0.858. The fraction of sp³-hybridized carbons (Fsp3) is 0.489. The van der Waals surface area contributed by atoms with E-state index >= 15 is 0 Å². The minimum Gasteiger partial charge on any atom is -0.506 e. The standard InChI is InChI=1S/C12H18N2.C11H16N2.C10H15N3O.C8H16N2O.C6H14N2/c1-13-7-9-14(10-8-13)11-12-5-3-2-4-6-12;1-12-7-9-13(10-8-12)11-5-3-2-4-6-11;1-12-4-6-13(7-5-12)10-3-2-9(14)8-11-10;1-8(11-3)10-6-4-9(2)5-7-10;1-7-3-5-8(2)6-4-7/h2-6,13H,1,7-11H2;2-6,12H,1,7-10H2;2-3,8,12,14H,1,4-7H2;9H,1-2,4-7H2,3H3;7H,1,3-6H2,2H3.